The van der Waals surface area contributed by atoms with Gasteiger partial charge in [0, 0.05) is 25.6 Å². The van der Waals surface area contributed by atoms with E-state index < -0.39 is 0 Å². The molecule has 1 saturated heterocycles. The molecule has 0 spiro atoms. The summed E-state index contributed by atoms with van der Waals surface area (Å²) in [5.74, 6) is 0.673. The molecule has 2 aliphatic rings. The molecule has 1 atom stereocenters. The van der Waals surface area contributed by atoms with Gasteiger partial charge in [0.2, 0.25) is 5.13 Å². The first-order valence-electron chi connectivity index (χ1n) is 8.34. The van der Waals surface area contributed by atoms with Gasteiger partial charge in [0.05, 0.1) is 19.3 Å². The first-order chi connectivity index (χ1) is 11.4. The second kappa shape index (κ2) is 6.95. The van der Waals surface area contributed by atoms with E-state index in [1.165, 1.54) is 23.4 Å². The second-order valence-electron chi connectivity index (χ2n) is 6.18. The largest absolute Gasteiger partial charge is 0.379 e. The van der Waals surface area contributed by atoms with E-state index in [0.717, 1.165) is 38.0 Å². The number of benzene rings is 1. The van der Waals surface area contributed by atoms with E-state index in [1.807, 2.05) is 0 Å². The summed E-state index contributed by atoms with van der Waals surface area (Å²) in [6.07, 6.45) is 2.55. The van der Waals surface area contributed by atoms with E-state index in [4.69, 9.17) is 4.74 Å². The molecule has 0 unspecified atom stereocenters. The Morgan fingerprint density at radius 2 is 1.96 bits per heavy atom. The second-order valence-corrected chi connectivity index (χ2v) is 7.18. The van der Waals surface area contributed by atoms with Crippen LogP contribution in [-0.2, 0) is 4.74 Å². The van der Waals surface area contributed by atoms with Crippen molar-refractivity contribution in [2.75, 3.05) is 38.2 Å². The summed E-state index contributed by atoms with van der Waals surface area (Å²) >= 11 is 1.71. The van der Waals surface area contributed by atoms with Crippen molar-refractivity contribution < 1.29 is 4.74 Å². The van der Waals surface area contributed by atoms with Crippen LogP contribution < -0.4 is 5.32 Å². The average Bonchev–Trinajstić information content (AvgIpc) is 3.36. The summed E-state index contributed by atoms with van der Waals surface area (Å²) < 4.78 is 5.50. The molecule has 0 bridgehead atoms. The zero-order chi connectivity index (χ0) is 15.5. The summed E-state index contributed by atoms with van der Waals surface area (Å²) in [5, 5.41) is 14.3. The molecule has 1 aliphatic heterocycles. The van der Waals surface area contributed by atoms with Crippen molar-refractivity contribution in [1.29, 1.82) is 0 Å². The Balaban J connectivity index is 1.45. The molecule has 2 aromatic rings. The van der Waals surface area contributed by atoms with Crippen molar-refractivity contribution in [3.8, 4) is 0 Å². The highest BCUT2D eigenvalue weighted by Crippen LogP contribution is 2.42. The maximum Gasteiger partial charge on any atom is 0.205 e. The third-order valence-electron chi connectivity index (χ3n) is 4.48. The van der Waals surface area contributed by atoms with Gasteiger partial charge in [-0.25, -0.2) is 0 Å². The average molecular weight is 330 g/mol. The molecule has 5 nitrogen and oxygen atoms in total. The van der Waals surface area contributed by atoms with E-state index in [2.05, 4.69) is 50.7 Å². The molecule has 122 valence electrons. The third kappa shape index (κ3) is 3.71. The van der Waals surface area contributed by atoms with Gasteiger partial charge >= 0.3 is 0 Å². The van der Waals surface area contributed by atoms with Gasteiger partial charge in [-0.15, -0.1) is 10.2 Å². The predicted octanol–water partition coefficient (Wildman–Crippen LogP) is 2.90. The third-order valence-corrected chi connectivity index (χ3v) is 5.53. The summed E-state index contributed by atoms with van der Waals surface area (Å²) in [6.45, 7) is 4.43. The number of aromatic nitrogens is 2. The highest BCUT2D eigenvalue weighted by molar-refractivity contribution is 7.15. The molecule has 2 fully saturated rings. The van der Waals surface area contributed by atoms with Crippen LogP contribution in [0.25, 0.3) is 0 Å². The standard InChI is InChI=1S/C17H22N4OS/c1-2-4-13(5-3-1)15(21-8-10-22-11-9-21)12-18-17-20-19-16(23-17)14-6-7-14/h1-5,14-15H,6-12H2,(H,18,20)/t15-/m1/s1. The van der Waals surface area contributed by atoms with Crippen LogP contribution in [0.15, 0.2) is 30.3 Å². The van der Waals surface area contributed by atoms with Crippen molar-refractivity contribution in [3.63, 3.8) is 0 Å². The molecule has 23 heavy (non-hydrogen) atoms. The van der Waals surface area contributed by atoms with Crippen LogP contribution in [0.2, 0.25) is 0 Å². The van der Waals surface area contributed by atoms with Crippen LogP contribution >= 0.6 is 11.3 Å². The molecule has 0 radical (unpaired) electrons. The molecule has 1 aromatic carbocycles. The van der Waals surface area contributed by atoms with Gasteiger partial charge in [0.1, 0.15) is 5.01 Å². The van der Waals surface area contributed by atoms with Gasteiger partial charge < -0.3 is 10.1 Å². The van der Waals surface area contributed by atoms with Gasteiger partial charge in [0.25, 0.3) is 0 Å². The molecular formula is C17H22N4OS. The summed E-state index contributed by atoms with van der Waals surface area (Å²) in [6, 6.07) is 11.0. The smallest absolute Gasteiger partial charge is 0.205 e. The van der Waals surface area contributed by atoms with E-state index in [1.54, 1.807) is 11.3 Å². The Labute approximate surface area is 140 Å². The van der Waals surface area contributed by atoms with Crippen molar-refractivity contribution >= 4 is 16.5 Å². The van der Waals surface area contributed by atoms with Gasteiger partial charge in [-0.05, 0) is 18.4 Å². The van der Waals surface area contributed by atoms with Crippen LogP contribution in [0.5, 0.6) is 0 Å². The first kappa shape index (κ1) is 15.1. The predicted molar refractivity (Wildman–Crippen MR) is 91.9 cm³/mol. The van der Waals surface area contributed by atoms with Crippen LogP contribution in [0, 0.1) is 0 Å². The molecule has 0 amide bonds. The zero-order valence-corrected chi connectivity index (χ0v) is 14.0. The van der Waals surface area contributed by atoms with Crippen LogP contribution in [0.3, 0.4) is 0 Å². The number of hydrogen-bond donors (Lipinski definition) is 1. The zero-order valence-electron chi connectivity index (χ0n) is 13.1. The molecule has 2 heterocycles. The molecule has 4 rings (SSSR count). The highest BCUT2D eigenvalue weighted by Gasteiger charge is 2.28. The van der Waals surface area contributed by atoms with Crippen molar-refractivity contribution in [3.05, 3.63) is 40.9 Å². The molecule has 1 aromatic heterocycles. The number of rotatable bonds is 6. The van der Waals surface area contributed by atoms with Gasteiger partial charge in [-0.3, -0.25) is 4.90 Å². The molecule has 1 N–H and O–H groups in total. The monoisotopic (exact) mass is 330 g/mol. The van der Waals surface area contributed by atoms with Gasteiger partial charge in [-0.2, -0.15) is 0 Å². The minimum Gasteiger partial charge on any atom is -0.379 e. The van der Waals surface area contributed by atoms with E-state index >= 15 is 0 Å². The van der Waals surface area contributed by atoms with Crippen LogP contribution in [-0.4, -0.2) is 47.9 Å². The minimum absolute atomic E-state index is 0.341. The minimum atomic E-state index is 0.341. The van der Waals surface area contributed by atoms with Crippen molar-refractivity contribution in [2.24, 2.45) is 0 Å². The Kier molecular flexibility index (Phi) is 4.55. The topological polar surface area (TPSA) is 50.3 Å². The lowest BCUT2D eigenvalue weighted by Gasteiger charge is -2.34. The molecule has 1 saturated carbocycles. The normalized spacial score (nSPS) is 20.3. The Bertz CT molecular complexity index is 623. The fraction of sp³-hybridized carbons (Fsp3) is 0.529. The van der Waals surface area contributed by atoms with Crippen molar-refractivity contribution in [2.45, 2.75) is 24.8 Å². The molecule has 1 aliphatic carbocycles. The summed E-state index contributed by atoms with van der Waals surface area (Å²) in [5.41, 5.74) is 1.34. The lowest BCUT2D eigenvalue weighted by atomic mass is 10.0. The Hall–Kier alpha value is -1.50. The van der Waals surface area contributed by atoms with Gasteiger partial charge in [-0.1, -0.05) is 41.7 Å². The number of nitrogens with zero attached hydrogens (tertiary/aromatic N) is 3. The number of hydrogen-bond acceptors (Lipinski definition) is 6. The first-order valence-corrected chi connectivity index (χ1v) is 9.16. The Morgan fingerprint density at radius 1 is 1.17 bits per heavy atom. The number of anilines is 1. The van der Waals surface area contributed by atoms with Crippen molar-refractivity contribution in [1.82, 2.24) is 15.1 Å². The lowest BCUT2D eigenvalue weighted by molar-refractivity contribution is 0.0187. The summed E-state index contributed by atoms with van der Waals surface area (Å²) in [7, 11) is 0. The maximum atomic E-state index is 5.50. The van der Waals surface area contributed by atoms with E-state index in [0.29, 0.717) is 12.0 Å². The quantitative estimate of drug-likeness (QED) is 0.882. The number of nitrogens with one attached hydrogen (secondary N) is 1. The number of ether oxygens (including phenoxy) is 1. The fourth-order valence-electron chi connectivity index (χ4n) is 3.01. The lowest BCUT2D eigenvalue weighted by Crippen LogP contribution is -2.41. The van der Waals surface area contributed by atoms with Gasteiger partial charge in [0.15, 0.2) is 0 Å². The Morgan fingerprint density at radius 3 is 2.70 bits per heavy atom. The number of morpholine rings is 1. The SMILES string of the molecule is c1ccc([C@@H](CNc2nnc(C3CC3)s2)N2CCOCC2)cc1. The maximum absolute atomic E-state index is 5.50. The van der Waals surface area contributed by atoms with Crippen LogP contribution in [0.4, 0.5) is 5.13 Å². The van der Waals surface area contributed by atoms with Crippen LogP contribution in [0.1, 0.15) is 35.4 Å². The molecular weight excluding hydrogens is 308 g/mol. The molecule has 6 heteroatoms. The summed E-state index contributed by atoms with van der Waals surface area (Å²) in [4.78, 5) is 2.49. The highest BCUT2D eigenvalue weighted by atomic mass is 32.1. The van der Waals surface area contributed by atoms with E-state index in [9.17, 15) is 0 Å². The van der Waals surface area contributed by atoms with E-state index in [-0.39, 0.29) is 0 Å². The fourth-order valence-corrected chi connectivity index (χ4v) is 3.93.